The fourth-order valence-corrected chi connectivity index (χ4v) is 1.99. The molecule has 3 rings (SSSR count). The number of hydrogen-bond donors (Lipinski definition) is 1. The summed E-state index contributed by atoms with van der Waals surface area (Å²) in [6.45, 7) is 0. The van der Waals surface area contributed by atoms with E-state index in [1.54, 1.807) is 0 Å². The third-order valence-corrected chi connectivity index (χ3v) is 2.92. The first kappa shape index (κ1) is 11.2. The van der Waals surface area contributed by atoms with Gasteiger partial charge in [-0.15, -0.1) is 0 Å². The quantitative estimate of drug-likeness (QED) is 0.657. The van der Waals surface area contributed by atoms with Crippen molar-refractivity contribution in [3.8, 4) is 11.4 Å². The molecule has 2 nitrogen and oxygen atoms in total. The van der Waals surface area contributed by atoms with Crippen molar-refractivity contribution in [3.05, 3.63) is 53.1 Å². The lowest BCUT2D eigenvalue weighted by molar-refractivity contribution is 0.509. The number of hydrogen-bond acceptors (Lipinski definition) is 1. The Bertz CT molecular complexity index is 681. The standard InChI is InChI=1S/C13H7ClF2N2/c14-8-5-7(6-9(15)12(8)16)13-17-10-3-1-2-4-11(10)18-13/h1-6H,(H,17,18). The molecule has 0 spiro atoms. The number of aromatic nitrogens is 2. The maximum Gasteiger partial charge on any atom is 0.177 e. The first-order valence-corrected chi connectivity index (χ1v) is 5.62. The molecular formula is C13H7ClF2N2. The van der Waals surface area contributed by atoms with E-state index in [2.05, 4.69) is 9.97 Å². The molecule has 0 bridgehead atoms. The molecule has 18 heavy (non-hydrogen) atoms. The molecule has 0 radical (unpaired) electrons. The minimum Gasteiger partial charge on any atom is -0.338 e. The molecule has 3 aromatic rings. The van der Waals surface area contributed by atoms with Crippen molar-refractivity contribution in [3.63, 3.8) is 0 Å². The van der Waals surface area contributed by atoms with Crippen molar-refractivity contribution in [2.45, 2.75) is 0 Å². The Morgan fingerprint density at radius 2 is 1.89 bits per heavy atom. The fraction of sp³-hybridized carbons (Fsp3) is 0. The molecular weight excluding hydrogens is 258 g/mol. The molecule has 0 saturated carbocycles. The highest BCUT2D eigenvalue weighted by Gasteiger charge is 2.12. The number of H-pyrrole nitrogens is 1. The highest BCUT2D eigenvalue weighted by molar-refractivity contribution is 6.31. The zero-order valence-corrected chi connectivity index (χ0v) is 9.80. The van der Waals surface area contributed by atoms with Gasteiger partial charge < -0.3 is 4.98 Å². The predicted molar refractivity (Wildman–Crippen MR) is 66.5 cm³/mol. The van der Waals surface area contributed by atoms with Crippen LogP contribution in [0.15, 0.2) is 36.4 Å². The van der Waals surface area contributed by atoms with Crippen LogP contribution in [0.3, 0.4) is 0 Å². The van der Waals surface area contributed by atoms with Crippen molar-refractivity contribution in [1.82, 2.24) is 9.97 Å². The molecule has 0 fully saturated rings. The second-order valence-electron chi connectivity index (χ2n) is 3.86. The van der Waals surface area contributed by atoms with Crippen LogP contribution in [-0.2, 0) is 0 Å². The third-order valence-electron chi connectivity index (χ3n) is 2.65. The third kappa shape index (κ3) is 1.75. The molecule has 1 N–H and O–H groups in total. The van der Waals surface area contributed by atoms with Crippen molar-refractivity contribution in [1.29, 1.82) is 0 Å². The van der Waals surface area contributed by atoms with Crippen LogP contribution in [0.2, 0.25) is 5.02 Å². The van der Waals surface area contributed by atoms with Gasteiger partial charge in [-0.3, -0.25) is 0 Å². The summed E-state index contributed by atoms with van der Waals surface area (Å²) in [5, 5.41) is -0.259. The molecule has 0 atom stereocenters. The molecule has 0 amide bonds. The molecule has 1 heterocycles. The number of aromatic amines is 1. The van der Waals surface area contributed by atoms with Crippen LogP contribution >= 0.6 is 11.6 Å². The number of benzene rings is 2. The van der Waals surface area contributed by atoms with Gasteiger partial charge in [-0.25, -0.2) is 13.8 Å². The number of halogens is 3. The van der Waals surface area contributed by atoms with E-state index in [4.69, 9.17) is 11.6 Å². The average Bonchev–Trinajstić information content (AvgIpc) is 2.79. The number of fused-ring (bicyclic) bond motifs is 1. The summed E-state index contributed by atoms with van der Waals surface area (Å²) >= 11 is 5.61. The van der Waals surface area contributed by atoms with E-state index < -0.39 is 11.6 Å². The first-order valence-electron chi connectivity index (χ1n) is 5.25. The lowest BCUT2D eigenvalue weighted by atomic mass is 10.2. The largest absolute Gasteiger partial charge is 0.338 e. The molecule has 0 aliphatic carbocycles. The van der Waals surface area contributed by atoms with Gasteiger partial charge in [0.2, 0.25) is 0 Å². The average molecular weight is 265 g/mol. The summed E-state index contributed by atoms with van der Waals surface area (Å²) in [4.78, 5) is 7.32. The molecule has 0 aliphatic rings. The van der Waals surface area contributed by atoms with Crippen LogP contribution in [0.25, 0.3) is 22.4 Å². The van der Waals surface area contributed by atoms with Gasteiger partial charge in [-0.2, -0.15) is 0 Å². The smallest absolute Gasteiger partial charge is 0.177 e. The highest BCUT2D eigenvalue weighted by Crippen LogP contribution is 2.26. The number of rotatable bonds is 1. The number of imidazole rings is 1. The first-order chi connectivity index (χ1) is 8.65. The number of nitrogens with zero attached hydrogens (tertiary/aromatic N) is 1. The molecule has 1 aromatic heterocycles. The van der Waals surface area contributed by atoms with E-state index in [1.807, 2.05) is 24.3 Å². The van der Waals surface area contributed by atoms with Gasteiger partial charge in [-0.05, 0) is 24.3 Å². The predicted octanol–water partition coefficient (Wildman–Crippen LogP) is 4.16. The normalized spacial score (nSPS) is 11.1. The van der Waals surface area contributed by atoms with Gasteiger partial charge in [0, 0.05) is 5.56 Å². The Labute approximate surface area is 106 Å². The Balaban J connectivity index is 2.20. The van der Waals surface area contributed by atoms with Crippen molar-refractivity contribution < 1.29 is 8.78 Å². The Morgan fingerprint density at radius 3 is 2.61 bits per heavy atom. The van der Waals surface area contributed by atoms with Crippen LogP contribution in [0.4, 0.5) is 8.78 Å². The summed E-state index contributed by atoms with van der Waals surface area (Å²) in [6.07, 6.45) is 0. The van der Waals surface area contributed by atoms with Crippen molar-refractivity contribution in [2.75, 3.05) is 0 Å². The molecule has 90 valence electrons. The summed E-state index contributed by atoms with van der Waals surface area (Å²) in [7, 11) is 0. The van der Waals surface area contributed by atoms with Crippen LogP contribution in [-0.4, -0.2) is 9.97 Å². The number of nitrogens with one attached hydrogen (secondary N) is 1. The maximum atomic E-state index is 13.3. The van der Waals surface area contributed by atoms with E-state index in [9.17, 15) is 8.78 Å². The zero-order valence-electron chi connectivity index (χ0n) is 9.05. The SMILES string of the molecule is Fc1cc(-c2nc3ccccc3[nH]2)cc(Cl)c1F. The summed E-state index contributed by atoms with van der Waals surface area (Å²) < 4.78 is 26.4. The summed E-state index contributed by atoms with van der Waals surface area (Å²) in [5.74, 6) is -1.58. The fourth-order valence-electron chi connectivity index (χ4n) is 1.78. The monoisotopic (exact) mass is 264 g/mol. The maximum absolute atomic E-state index is 13.3. The van der Waals surface area contributed by atoms with Crippen molar-refractivity contribution >= 4 is 22.6 Å². The zero-order chi connectivity index (χ0) is 12.7. The topological polar surface area (TPSA) is 28.7 Å². The van der Waals surface area contributed by atoms with Gasteiger partial charge in [-0.1, -0.05) is 23.7 Å². The van der Waals surface area contributed by atoms with Gasteiger partial charge in [0.25, 0.3) is 0 Å². The molecule has 2 aromatic carbocycles. The molecule has 5 heteroatoms. The van der Waals surface area contributed by atoms with Gasteiger partial charge >= 0.3 is 0 Å². The lowest BCUT2D eigenvalue weighted by Gasteiger charge is -2.00. The molecule has 0 saturated heterocycles. The Kier molecular flexibility index (Phi) is 2.52. The van der Waals surface area contributed by atoms with Crippen LogP contribution in [0, 0.1) is 11.6 Å². The van der Waals surface area contributed by atoms with Crippen LogP contribution < -0.4 is 0 Å². The van der Waals surface area contributed by atoms with E-state index in [0.29, 0.717) is 11.4 Å². The van der Waals surface area contributed by atoms with Gasteiger partial charge in [0.15, 0.2) is 11.6 Å². The molecule has 0 aliphatic heterocycles. The number of para-hydroxylation sites is 2. The second kappa shape index (κ2) is 4.07. The highest BCUT2D eigenvalue weighted by atomic mass is 35.5. The van der Waals surface area contributed by atoms with Crippen molar-refractivity contribution in [2.24, 2.45) is 0 Å². The summed E-state index contributed by atoms with van der Waals surface area (Å²) in [6, 6.07) is 9.81. The van der Waals surface area contributed by atoms with Crippen LogP contribution in [0.5, 0.6) is 0 Å². The van der Waals surface area contributed by atoms with Crippen LogP contribution in [0.1, 0.15) is 0 Å². The second-order valence-corrected chi connectivity index (χ2v) is 4.26. The Morgan fingerprint density at radius 1 is 1.11 bits per heavy atom. The van der Waals surface area contributed by atoms with E-state index >= 15 is 0 Å². The minimum atomic E-state index is -1.04. The van der Waals surface area contributed by atoms with E-state index in [-0.39, 0.29) is 5.02 Å². The van der Waals surface area contributed by atoms with E-state index in [0.717, 1.165) is 17.1 Å². The molecule has 0 unspecified atom stereocenters. The Hall–Kier alpha value is -1.94. The van der Waals surface area contributed by atoms with Gasteiger partial charge in [0.1, 0.15) is 5.82 Å². The van der Waals surface area contributed by atoms with E-state index in [1.165, 1.54) is 6.07 Å². The lowest BCUT2D eigenvalue weighted by Crippen LogP contribution is -1.89. The summed E-state index contributed by atoms with van der Waals surface area (Å²) in [5.41, 5.74) is 2.00. The minimum absolute atomic E-state index is 0.259. The van der Waals surface area contributed by atoms with Gasteiger partial charge in [0.05, 0.1) is 16.1 Å².